The second-order valence-electron chi connectivity index (χ2n) is 5.41. The van der Waals surface area contributed by atoms with Crippen molar-refractivity contribution >= 4 is 9.84 Å². The summed E-state index contributed by atoms with van der Waals surface area (Å²) in [4.78, 5) is -0.777. The molecule has 0 bridgehead atoms. The van der Waals surface area contributed by atoms with Crippen molar-refractivity contribution in [2.45, 2.75) is 27.7 Å². The van der Waals surface area contributed by atoms with Gasteiger partial charge in [0, 0.05) is 0 Å². The molecule has 0 radical (unpaired) electrons. The first-order chi connectivity index (χ1) is 12.7. The van der Waals surface area contributed by atoms with Crippen LogP contribution in [0.3, 0.4) is 0 Å². The summed E-state index contributed by atoms with van der Waals surface area (Å²) in [6, 6.07) is 8.55. The first kappa shape index (κ1) is 21.7. The predicted molar refractivity (Wildman–Crippen MR) is 82.2 cm³/mol. The maximum absolute atomic E-state index is 14.1. The summed E-state index contributed by atoms with van der Waals surface area (Å²) in [5.74, 6) is 0.389. The van der Waals surface area contributed by atoms with Crippen molar-refractivity contribution in [3.8, 4) is 11.8 Å². The molecule has 0 saturated carbocycles. The molecule has 2 rings (SSSR count). The van der Waals surface area contributed by atoms with Gasteiger partial charge in [0.15, 0.2) is 0 Å². The van der Waals surface area contributed by atoms with E-state index in [4.69, 9.17) is 5.11 Å². The van der Waals surface area contributed by atoms with Crippen LogP contribution in [0.15, 0.2) is 58.3 Å². The monoisotopic (exact) mass is 426 g/mol. The molecule has 0 amide bonds. The van der Waals surface area contributed by atoms with Crippen LogP contribution in [-0.4, -0.2) is 31.5 Å². The van der Waals surface area contributed by atoms with E-state index >= 15 is 0 Å². The van der Waals surface area contributed by atoms with Gasteiger partial charge in [-0.15, -0.1) is 0 Å². The van der Waals surface area contributed by atoms with E-state index in [1.165, 1.54) is 36.3 Å². The number of hydrogen-bond donors (Lipinski definition) is 1. The van der Waals surface area contributed by atoms with Gasteiger partial charge in [-0.05, 0) is 36.3 Å². The van der Waals surface area contributed by atoms with Crippen LogP contribution in [0.4, 0.5) is 30.7 Å². The van der Waals surface area contributed by atoms with Crippen LogP contribution in [0.1, 0.15) is 5.56 Å². The zero-order chi connectivity index (χ0) is 21.4. The Hall–Kier alpha value is -2.58. The van der Waals surface area contributed by atoms with E-state index in [0.29, 0.717) is 18.1 Å². The van der Waals surface area contributed by atoms with Gasteiger partial charge in [0.05, 0.1) is 15.4 Å². The SMILES string of the molecule is O=S(=O)(c1ccccc1)c1ccc(C#CC(O)(C(F)(F)F)C(F)(F)F)c(F)c1. The van der Waals surface area contributed by atoms with Gasteiger partial charge in [0.25, 0.3) is 0 Å². The van der Waals surface area contributed by atoms with Crippen LogP contribution in [0.5, 0.6) is 0 Å². The standard InChI is InChI=1S/C17H9F7O3S/c18-14-10-13(28(26,27)12-4-2-1-3-5-12)7-6-11(14)8-9-15(25,16(19,20)21)17(22,23)24/h1-7,10,25H. The fourth-order valence-corrected chi connectivity index (χ4v) is 3.25. The molecule has 3 nitrogen and oxygen atoms in total. The number of benzene rings is 2. The van der Waals surface area contributed by atoms with E-state index < -0.39 is 44.1 Å². The molecule has 2 aromatic rings. The minimum Gasteiger partial charge on any atom is -0.363 e. The molecule has 0 heterocycles. The first-order valence-corrected chi connectivity index (χ1v) is 8.67. The first-order valence-electron chi connectivity index (χ1n) is 7.19. The lowest BCUT2D eigenvalue weighted by atomic mass is 10.0. The Balaban J connectivity index is 2.49. The van der Waals surface area contributed by atoms with E-state index in [2.05, 4.69) is 0 Å². The largest absolute Gasteiger partial charge is 0.438 e. The van der Waals surface area contributed by atoms with Crippen LogP contribution in [-0.2, 0) is 9.84 Å². The van der Waals surface area contributed by atoms with Crippen LogP contribution in [0.2, 0.25) is 0 Å². The Labute approximate surface area is 154 Å². The van der Waals surface area contributed by atoms with Crippen molar-refractivity contribution in [1.82, 2.24) is 0 Å². The molecule has 28 heavy (non-hydrogen) atoms. The Kier molecular flexibility index (Phi) is 5.51. The normalized spacial score (nSPS) is 13.0. The molecule has 0 spiro atoms. The Morgan fingerprint density at radius 1 is 0.821 bits per heavy atom. The second kappa shape index (κ2) is 7.10. The molecule has 0 unspecified atom stereocenters. The van der Waals surface area contributed by atoms with Crippen molar-refractivity contribution in [2.75, 3.05) is 0 Å². The minimum atomic E-state index is -6.19. The lowest BCUT2D eigenvalue weighted by Gasteiger charge is -2.27. The maximum atomic E-state index is 14.1. The van der Waals surface area contributed by atoms with Crippen LogP contribution >= 0.6 is 0 Å². The van der Waals surface area contributed by atoms with Gasteiger partial charge in [0.2, 0.25) is 9.84 Å². The van der Waals surface area contributed by atoms with Gasteiger partial charge in [0.1, 0.15) is 5.82 Å². The lowest BCUT2D eigenvalue weighted by Crippen LogP contribution is -2.55. The summed E-state index contributed by atoms with van der Waals surface area (Å²) in [6.07, 6.45) is -12.4. The minimum absolute atomic E-state index is 0.197. The van der Waals surface area contributed by atoms with Gasteiger partial charge in [-0.1, -0.05) is 24.1 Å². The smallest absolute Gasteiger partial charge is 0.363 e. The molecule has 1 N–H and O–H groups in total. The summed E-state index contributed by atoms with van der Waals surface area (Å²) in [7, 11) is -4.17. The summed E-state index contributed by atoms with van der Waals surface area (Å²) in [6.45, 7) is 0. The van der Waals surface area contributed by atoms with Crippen LogP contribution in [0, 0.1) is 17.7 Å². The highest BCUT2D eigenvalue weighted by atomic mass is 32.2. The van der Waals surface area contributed by atoms with Crippen molar-refractivity contribution in [3.05, 3.63) is 59.9 Å². The van der Waals surface area contributed by atoms with Gasteiger partial charge >= 0.3 is 18.0 Å². The molecule has 11 heteroatoms. The average molecular weight is 426 g/mol. The molecule has 0 aliphatic heterocycles. The number of hydrogen-bond acceptors (Lipinski definition) is 3. The number of aliphatic hydroxyl groups is 1. The molecule has 0 aliphatic rings. The molecule has 150 valence electrons. The molecule has 2 aromatic carbocycles. The highest BCUT2D eigenvalue weighted by Gasteiger charge is 2.70. The highest BCUT2D eigenvalue weighted by Crippen LogP contribution is 2.42. The van der Waals surface area contributed by atoms with Crippen molar-refractivity contribution in [2.24, 2.45) is 0 Å². The molecule has 0 atom stereocenters. The summed E-state index contributed by atoms with van der Waals surface area (Å²) in [5, 5.41) is 8.93. The zero-order valence-electron chi connectivity index (χ0n) is 13.4. The van der Waals surface area contributed by atoms with Crippen molar-refractivity contribution in [1.29, 1.82) is 0 Å². The highest BCUT2D eigenvalue weighted by molar-refractivity contribution is 7.91. The molecular formula is C17H9F7O3S. The third-order valence-electron chi connectivity index (χ3n) is 3.50. The predicted octanol–water partition coefficient (Wildman–Crippen LogP) is 3.87. The van der Waals surface area contributed by atoms with Crippen LogP contribution in [0.25, 0.3) is 0 Å². The average Bonchev–Trinajstić information content (AvgIpc) is 2.59. The summed E-state index contributed by atoms with van der Waals surface area (Å²) >= 11 is 0. The molecule has 0 fully saturated rings. The number of sulfone groups is 1. The van der Waals surface area contributed by atoms with Crippen molar-refractivity contribution < 1.29 is 44.3 Å². The quantitative estimate of drug-likeness (QED) is 0.586. The number of rotatable bonds is 2. The van der Waals surface area contributed by atoms with Crippen LogP contribution < -0.4 is 0 Å². The van der Waals surface area contributed by atoms with Gasteiger partial charge in [-0.2, -0.15) is 26.3 Å². The van der Waals surface area contributed by atoms with Gasteiger partial charge < -0.3 is 5.11 Å². The maximum Gasteiger partial charge on any atom is 0.438 e. The Bertz CT molecular complexity index is 1020. The topological polar surface area (TPSA) is 54.4 Å². The molecule has 0 aliphatic carbocycles. The van der Waals surface area contributed by atoms with E-state index in [1.54, 1.807) is 0 Å². The summed E-state index contributed by atoms with van der Waals surface area (Å²) in [5.41, 5.74) is -6.33. The third-order valence-corrected chi connectivity index (χ3v) is 5.27. The summed E-state index contributed by atoms with van der Waals surface area (Å²) < 4.78 is 114. The van der Waals surface area contributed by atoms with E-state index in [9.17, 15) is 39.2 Å². The molecule has 0 saturated heterocycles. The van der Waals surface area contributed by atoms with E-state index in [-0.39, 0.29) is 4.90 Å². The Morgan fingerprint density at radius 3 is 1.82 bits per heavy atom. The zero-order valence-corrected chi connectivity index (χ0v) is 14.3. The number of halogens is 7. The fraction of sp³-hybridized carbons (Fsp3) is 0.176. The third kappa shape index (κ3) is 3.98. The Morgan fingerprint density at radius 2 is 1.36 bits per heavy atom. The lowest BCUT2D eigenvalue weighted by molar-refractivity contribution is -0.343. The van der Waals surface area contributed by atoms with E-state index in [0.717, 1.165) is 6.07 Å². The van der Waals surface area contributed by atoms with Gasteiger partial charge in [-0.25, -0.2) is 12.8 Å². The fourth-order valence-electron chi connectivity index (χ4n) is 1.96. The number of alkyl halides is 6. The molecule has 0 aromatic heterocycles. The van der Waals surface area contributed by atoms with Crippen molar-refractivity contribution in [3.63, 3.8) is 0 Å². The molecular weight excluding hydrogens is 417 g/mol. The van der Waals surface area contributed by atoms with Gasteiger partial charge in [-0.3, -0.25) is 0 Å². The van der Waals surface area contributed by atoms with E-state index in [1.807, 2.05) is 0 Å². The second-order valence-corrected chi connectivity index (χ2v) is 7.36.